The number of hydrogen-bond donors (Lipinski definition) is 4. The van der Waals surface area contributed by atoms with Gasteiger partial charge >= 0.3 is 5.97 Å². The van der Waals surface area contributed by atoms with Crippen LogP contribution >= 0.6 is 45.8 Å². The lowest BCUT2D eigenvalue weighted by Gasteiger charge is -2.27. The van der Waals surface area contributed by atoms with Gasteiger partial charge < -0.3 is 102 Å². The third kappa shape index (κ3) is 21.8. The van der Waals surface area contributed by atoms with Gasteiger partial charge in [-0.3, -0.25) is 15.5 Å². The van der Waals surface area contributed by atoms with E-state index in [1.807, 2.05) is 40.8 Å². The molecule has 6 aliphatic rings. The predicted molar refractivity (Wildman–Crippen MR) is 505 cm³/mol. The molecule has 15 rings (SSSR count). The summed E-state index contributed by atoms with van der Waals surface area (Å²) in [6.07, 6.45) is 27.0. The Kier molecular flexibility index (Phi) is 36.0. The first-order valence-electron chi connectivity index (χ1n) is 41.7. The number of nitrogens with zero attached hydrogens (tertiary/aromatic N) is 4. The van der Waals surface area contributed by atoms with Crippen molar-refractivity contribution in [3.63, 3.8) is 0 Å². The number of carbonyl (C=O) groups excluding carboxylic acids is 1. The predicted octanol–water partition coefficient (Wildman–Crippen LogP) is 15.1. The van der Waals surface area contributed by atoms with Crippen LogP contribution in [0.25, 0.3) is 43.1 Å². The van der Waals surface area contributed by atoms with Crippen LogP contribution in [0.3, 0.4) is 0 Å². The maximum Gasteiger partial charge on any atom is 0.303 e. The number of anilines is 2. The molecule has 4 aliphatic heterocycles. The molecule has 2 aliphatic carbocycles. The zero-order valence-electron chi connectivity index (χ0n) is 71.3. The number of carbonyl (C=O) groups is 2. The summed E-state index contributed by atoms with van der Waals surface area (Å²) in [6, 6.07) is 62.3. The average molecular weight is 2120 g/mol. The van der Waals surface area contributed by atoms with Crippen molar-refractivity contribution in [2.75, 3.05) is 56.2 Å². The monoisotopic (exact) mass is 2110 g/mol. The topological polar surface area (TPSA) is 128 Å². The number of β-amino-alcohol motifs (C(OH)–C–C–N with tert-alkyl or cyclic N) is 2. The molecule has 9 aromatic carbocycles. The van der Waals surface area contributed by atoms with Gasteiger partial charge in [0, 0.05) is 141 Å². The van der Waals surface area contributed by atoms with Gasteiger partial charge in [0.25, 0.3) is 6.47 Å². The van der Waals surface area contributed by atoms with Crippen molar-refractivity contribution < 1.29 is 115 Å². The first-order chi connectivity index (χ1) is 57.5. The molecule has 0 saturated carbocycles. The minimum absolute atomic E-state index is 0. The molecule has 4 N–H and O–H groups in total. The standard InChI is InChI=1S/C46H49ClN2O3.C35H37ClN2O2.C17H20NO.C7H2I.3HI/c1-45(2)39(48(28-11-5-6-19-41(51)52)37-24-20-31-13-7-9-17-35(31)42(37)45)26-22-33-15-12-16-34(44(33)47)23-27-40-46(3,4)43-36-18-10-8-14-32(36)21-25-38(43)49(40)29-30-50;1-35(2)32(21-19-27-13-11-14-28(34(27)36)24-37-29-15-5-3-6-16-29)38(22-9-4-10-23-40-25-39)31-20-18-26-12-7-8-17-30(26)33(31)35;1-12-17(2,3)16-14-7-5-4-6-13(14)8-9-15(16)18(12)10-11-19;1-2-3-4-5-6-7-8;;;/h7-10,13-14,17-18,20-27,50H,5-6,11-12,15-16,19,28-30H2,1-4H3;3,5-8,12,15-21,24-25H,4,9-11,13-14,22-23H2,1-2H3;4-9,19H,10-11H2,1-3H3;1H2;3*1H/q;;+1;-1;;;/p-1. The van der Waals surface area contributed by atoms with E-state index < -0.39 is 5.97 Å². The molecular weight excluding hydrogens is 2010 g/mol. The fraction of sp³-hybridized carbons (Fsp3) is 0.314. The van der Waals surface area contributed by atoms with Crippen LogP contribution in [-0.4, -0.2) is 105 Å². The van der Waals surface area contributed by atoms with Crippen molar-refractivity contribution in [1.82, 2.24) is 0 Å². The highest BCUT2D eigenvalue weighted by atomic mass is 127. The molecule has 0 amide bonds. The van der Waals surface area contributed by atoms with Gasteiger partial charge in [0.1, 0.15) is 19.7 Å². The molecule has 0 unspecified atom stereocenters. The first kappa shape index (κ1) is 97.5. The van der Waals surface area contributed by atoms with E-state index in [1.54, 1.807) is 0 Å². The fourth-order valence-electron chi connectivity index (χ4n) is 18.3. The van der Waals surface area contributed by atoms with E-state index in [0.29, 0.717) is 32.6 Å². The maximum absolute atomic E-state index is 11.1. The number of nitrogens with one attached hydrogen (secondary N) is 1. The quantitative estimate of drug-likeness (QED) is 0.0118. The lowest BCUT2D eigenvalue weighted by atomic mass is 9.78. The summed E-state index contributed by atoms with van der Waals surface area (Å²) < 4.78 is 14.7. The van der Waals surface area contributed by atoms with Gasteiger partial charge in [-0.25, -0.2) is 5.92 Å². The number of ether oxygens (including phenoxy) is 1. The Hall–Kier alpha value is -8.28. The molecule has 0 radical (unpaired) electrons. The number of aliphatic hydroxyl groups is 2. The van der Waals surface area contributed by atoms with E-state index in [9.17, 15) is 19.8 Å². The number of aliphatic carboxylic acids is 1. The zero-order valence-corrected chi connectivity index (χ0v) is 81.5. The number of aliphatic hydroxyl groups excluding tert-OH is 2. The highest BCUT2D eigenvalue weighted by molar-refractivity contribution is 14.1. The third-order valence-electron chi connectivity index (χ3n) is 24.3. The summed E-state index contributed by atoms with van der Waals surface area (Å²) in [4.78, 5) is 23.9. The summed E-state index contributed by atoms with van der Waals surface area (Å²) in [5.41, 5.74) is 20.4. The van der Waals surface area contributed by atoms with Crippen LogP contribution in [0.4, 0.5) is 28.4 Å². The van der Waals surface area contributed by atoms with Crippen LogP contribution in [0, 0.1) is 40.5 Å². The van der Waals surface area contributed by atoms with Gasteiger partial charge in [-0.05, 0) is 235 Å². The molecule has 0 saturated heterocycles. The van der Waals surface area contributed by atoms with Crippen LogP contribution < -0.4 is 82.1 Å². The van der Waals surface area contributed by atoms with Crippen molar-refractivity contribution in [3.05, 3.63) is 286 Å². The molecule has 0 aromatic heterocycles. The Balaban J connectivity index is 0.000000212. The molecule has 634 valence electrons. The van der Waals surface area contributed by atoms with Gasteiger partial charge in [-0.15, -0.1) is 5.92 Å². The average Bonchev–Trinajstić information content (AvgIpc) is 1.68. The Labute approximate surface area is 797 Å². The largest absolute Gasteiger partial charge is 1.00 e. The third-order valence-corrected chi connectivity index (χ3v) is 25.5. The van der Waals surface area contributed by atoms with Crippen molar-refractivity contribution >= 4 is 147 Å². The summed E-state index contributed by atoms with van der Waals surface area (Å²) in [6.45, 7) is 28.1. The van der Waals surface area contributed by atoms with Gasteiger partial charge in [0.05, 0.1) is 29.5 Å². The fourth-order valence-corrected chi connectivity index (χ4v) is 19.1. The highest BCUT2D eigenvalue weighted by Gasteiger charge is 2.48. The molecule has 17 heteroatoms. The Morgan fingerprint density at radius 3 is 1.47 bits per heavy atom. The van der Waals surface area contributed by atoms with Crippen LogP contribution in [-0.2, 0) is 36.0 Å². The summed E-state index contributed by atoms with van der Waals surface area (Å²) in [5, 5.41) is 43.8. The van der Waals surface area contributed by atoms with E-state index in [2.05, 4.69) is 327 Å². The maximum atomic E-state index is 11.1. The number of unbranched alkanes of at least 4 members (excludes halogenated alkanes) is 4. The second-order valence-electron chi connectivity index (χ2n) is 33.1. The molecule has 11 nitrogen and oxygen atoms in total. The Morgan fingerprint density at radius 1 is 0.516 bits per heavy atom. The number of benzene rings is 9. The zero-order chi connectivity index (χ0) is 84.4. The minimum Gasteiger partial charge on any atom is -1.00 e. The van der Waals surface area contributed by atoms with Crippen molar-refractivity contribution in [2.45, 2.75) is 167 Å². The molecule has 0 bridgehead atoms. The van der Waals surface area contributed by atoms with Gasteiger partial charge in [0.2, 0.25) is 17.1 Å². The van der Waals surface area contributed by atoms with Gasteiger partial charge in [-0.2, -0.15) is 20.7 Å². The second kappa shape index (κ2) is 45.0. The molecule has 122 heavy (non-hydrogen) atoms. The Morgan fingerprint density at radius 2 is 0.975 bits per heavy atom. The number of para-hydroxylation sites is 1. The number of allylic oxidation sites excluding steroid dienone is 13. The minimum atomic E-state index is -0.732. The smallest absolute Gasteiger partial charge is 0.303 e. The SMILES string of the molecule is CC1(C)C(/C=C/C2=C(Cl)C(=C/Nc3ccccc3)/CCC2)=[N+](CCCCCOC=O)c2ccc3ccccc3c21.CC1(C)C(=CC=C2CCCC(C=CC3=[N+](CCCCCC(=O)O)c4ccc5ccccc5c4C3(C)C)=C2Cl)N(CCO)c2ccc3ccccc3c21.CC1=[N+](CCO)c2ccc3ccccc3c2C1(C)C.[CH2-]C#CC#CC#CI.[I-].[I-].[I-]. The van der Waals surface area contributed by atoms with Crippen LogP contribution in [0.1, 0.15) is 168 Å². The number of halogens is 6. The van der Waals surface area contributed by atoms with Crippen molar-refractivity contribution in [1.29, 1.82) is 0 Å². The van der Waals surface area contributed by atoms with Crippen LogP contribution in [0.2, 0.25) is 0 Å². The molecule has 0 spiro atoms. The second-order valence-corrected chi connectivity index (χ2v) is 34.4. The number of carboxylic acid groups (broad SMARTS) is 1. The number of fused-ring (bicyclic) bond motifs is 12. The van der Waals surface area contributed by atoms with E-state index in [4.69, 9.17) is 33.0 Å². The van der Waals surface area contributed by atoms with E-state index >= 15 is 0 Å². The number of carboxylic acids is 1. The van der Waals surface area contributed by atoms with Gasteiger partial charge in [-0.1, -0.05) is 177 Å². The number of hydrogen-bond acceptors (Lipinski definition) is 7. The normalized spacial score (nSPS) is 17.0. The molecular formula is C105H110Cl2I4N5O6-. The lowest BCUT2D eigenvalue weighted by Crippen LogP contribution is -3.00. The Bertz CT molecular complexity index is 5880. The van der Waals surface area contributed by atoms with Gasteiger partial charge in [0.15, 0.2) is 23.7 Å². The molecule has 9 aromatic rings. The molecule has 0 fully saturated rings. The first-order valence-corrected chi connectivity index (χ1v) is 43.6. The molecule has 4 heterocycles. The summed E-state index contributed by atoms with van der Waals surface area (Å²) >= 11 is 16.2. The van der Waals surface area contributed by atoms with Crippen LogP contribution in [0.5, 0.6) is 0 Å². The highest BCUT2D eigenvalue weighted by Crippen LogP contribution is 2.52. The van der Waals surface area contributed by atoms with Crippen molar-refractivity contribution in [3.8, 4) is 33.5 Å². The summed E-state index contributed by atoms with van der Waals surface area (Å²) in [7, 11) is 0. The van der Waals surface area contributed by atoms with E-state index in [-0.39, 0.29) is 113 Å². The molecule has 0 atom stereocenters. The van der Waals surface area contributed by atoms with E-state index in [0.717, 1.165) is 122 Å². The summed E-state index contributed by atoms with van der Waals surface area (Å²) in [5.74, 6) is 11.6. The number of rotatable bonds is 24. The van der Waals surface area contributed by atoms with Crippen molar-refractivity contribution in [2.24, 2.45) is 0 Å². The lowest BCUT2D eigenvalue weighted by molar-refractivity contribution is -0.442. The van der Waals surface area contributed by atoms with E-state index in [1.165, 1.54) is 111 Å². The van der Waals surface area contributed by atoms with Crippen LogP contribution in [0.15, 0.2) is 257 Å².